The summed E-state index contributed by atoms with van der Waals surface area (Å²) in [6, 6.07) is 2.32. The van der Waals surface area contributed by atoms with Gasteiger partial charge >= 0.3 is 0 Å². The number of hydrogen-bond donors (Lipinski definition) is 1. The van der Waals surface area contributed by atoms with E-state index in [2.05, 4.69) is 39.1 Å². The summed E-state index contributed by atoms with van der Waals surface area (Å²) >= 11 is 1.98. The smallest absolute Gasteiger partial charge is 0.00772 e. The molecule has 0 aliphatic heterocycles. The first-order chi connectivity index (χ1) is 8.59. The van der Waals surface area contributed by atoms with E-state index in [0.717, 1.165) is 12.5 Å². The molecule has 0 spiro atoms. The molecule has 1 aromatic rings. The van der Waals surface area contributed by atoms with Crippen molar-refractivity contribution in [3.63, 3.8) is 0 Å². The van der Waals surface area contributed by atoms with Crippen molar-refractivity contribution in [2.24, 2.45) is 5.92 Å². The van der Waals surface area contributed by atoms with Crippen LogP contribution in [-0.4, -0.2) is 13.1 Å². The highest BCUT2D eigenvalue weighted by Crippen LogP contribution is 2.23. The van der Waals surface area contributed by atoms with Gasteiger partial charge in [-0.1, -0.05) is 26.7 Å². The second-order valence-corrected chi connectivity index (χ2v) is 7.07. The Morgan fingerprint density at radius 3 is 2.44 bits per heavy atom. The molecule has 1 nitrogen and oxygen atoms in total. The molecule has 0 aromatic carbocycles. The maximum Gasteiger partial charge on any atom is 0.00772 e. The highest BCUT2D eigenvalue weighted by atomic mass is 32.1. The Morgan fingerprint density at radius 1 is 1.11 bits per heavy atom. The first kappa shape index (κ1) is 15.7. The lowest BCUT2D eigenvalue weighted by Crippen LogP contribution is -2.20. The van der Waals surface area contributed by atoms with Gasteiger partial charge in [0.1, 0.15) is 0 Å². The van der Waals surface area contributed by atoms with Crippen molar-refractivity contribution in [1.82, 2.24) is 5.32 Å². The molecule has 0 amide bonds. The zero-order valence-corrected chi connectivity index (χ0v) is 13.3. The van der Waals surface area contributed by atoms with Crippen LogP contribution >= 0.6 is 11.3 Å². The molecule has 18 heavy (non-hydrogen) atoms. The number of thiophene rings is 1. The van der Waals surface area contributed by atoms with Crippen molar-refractivity contribution in [1.29, 1.82) is 0 Å². The van der Waals surface area contributed by atoms with Crippen molar-refractivity contribution >= 4 is 11.3 Å². The van der Waals surface area contributed by atoms with Gasteiger partial charge in [0.25, 0.3) is 0 Å². The summed E-state index contributed by atoms with van der Waals surface area (Å²) < 4.78 is 0. The highest BCUT2D eigenvalue weighted by molar-refractivity contribution is 7.12. The number of hydrogen-bond acceptors (Lipinski definition) is 2. The third kappa shape index (κ3) is 6.55. The zero-order chi connectivity index (χ0) is 13.4. The van der Waals surface area contributed by atoms with Gasteiger partial charge in [0.2, 0.25) is 0 Å². The van der Waals surface area contributed by atoms with Gasteiger partial charge in [0.05, 0.1) is 0 Å². The molecule has 0 radical (unpaired) electrons. The molecule has 0 aliphatic rings. The van der Waals surface area contributed by atoms with E-state index in [9.17, 15) is 0 Å². The van der Waals surface area contributed by atoms with Gasteiger partial charge in [-0.2, -0.15) is 0 Å². The van der Waals surface area contributed by atoms with Gasteiger partial charge in [-0.3, -0.25) is 0 Å². The molecule has 0 unspecified atom stereocenters. The third-order valence-electron chi connectivity index (χ3n) is 3.20. The number of aryl methyl sites for hydroxylation is 3. The number of unbranched alkanes of at least 4 members (excludes halogenated alkanes) is 3. The van der Waals surface area contributed by atoms with E-state index in [0.29, 0.717) is 0 Å². The lowest BCUT2D eigenvalue weighted by molar-refractivity contribution is 0.526. The van der Waals surface area contributed by atoms with Crippen LogP contribution in [-0.2, 0) is 6.42 Å². The molecule has 0 saturated heterocycles. The maximum atomic E-state index is 3.51. The average molecular weight is 267 g/mol. The van der Waals surface area contributed by atoms with E-state index >= 15 is 0 Å². The summed E-state index contributed by atoms with van der Waals surface area (Å²) in [5.74, 6) is 0.773. The molecule has 2 heteroatoms. The molecule has 0 fully saturated rings. The molecule has 104 valence electrons. The SMILES string of the molecule is Cc1cc(C)c(CCCCCCNCC(C)C)s1. The number of rotatable bonds is 9. The molecule has 1 aromatic heterocycles. The predicted octanol–water partition coefficient (Wildman–Crippen LogP) is 4.71. The van der Waals surface area contributed by atoms with Crippen molar-refractivity contribution in [2.45, 2.75) is 59.8 Å². The van der Waals surface area contributed by atoms with Crippen molar-refractivity contribution < 1.29 is 0 Å². The van der Waals surface area contributed by atoms with E-state index in [4.69, 9.17) is 0 Å². The predicted molar refractivity (Wildman–Crippen MR) is 83.7 cm³/mol. The van der Waals surface area contributed by atoms with Crippen molar-refractivity contribution in [3.05, 3.63) is 21.4 Å². The third-order valence-corrected chi connectivity index (χ3v) is 4.42. The summed E-state index contributed by atoms with van der Waals surface area (Å²) in [6.07, 6.45) is 6.71. The van der Waals surface area contributed by atoms with Gasteiger partial charge in [-0.25, -0.2) is 0 Å². The molecule has 1 rings (SSSR count). The van der Waals surface area contributed by atoms with Crippen LogP contribution in [0.3, 0.4) is 0 Å². The van der Waals surface area contributed by atoms with E-state index < -0.39 is 0 Å². The first-order valence-corrected chi connectivity index (χ1v) is 8.18. The molecular weight excluding hydrogens is 238 g/mol. The van der Waals surface area contributed by atoms with Gasteiger partial charge in [-0.05, 0) is 63.7 Å². The van der Waals surface area contributed by atoms with Crippen molar-refractivity contribution in [3.8, 4) is 0 Å². The standard InChI is InChI=1S/C16H29NS/c1-13(2)12-17-10-8-6-5-7-9-16-14(3)11-15(4)18-16/h11,13,17H,5-10,12H2,1-4H3. The minimum atomic E-state index is 0.773. The molecule has 0 saturated carbocycles. The lowest BCUT2D eigenvalue weighted by Gasteiger charge is -2.06. The Kier molecular flexibility index (Phi) is 7.60. The average Bonchev–Trinajstić information content (AvgIpc) is 2.61. The normalized spacial score (nSPS) is 11.4. The van der Waals surface area contributed by atoms with Crippen LogP contribution in [0.2, 0.25) is 0 Å². The van der Waals surface area contributed by atoms with Crippen LogP contribution in [0.4, 0.5) is 0 Å². The quantitative estimate of drug-likeness (QED) is 0.639. The Bertz CT molecular complexity index is 328. The van der Waals surface area contributed by atoms with Gasteiger partial charge in [-0.15, -0.1) is 11.3 Å². The fraction of sp³-hybridized carbons (Fsp3) is 0.750. The number of nitrogens with one attached hydrogen (secondary N) is 1. The van der Waals surface area contributed by atoms with Crippen molar-refractivity contribution in [2.75, 3.05) is 13.1 Å². The van der Waals surface area contributed by atoms with Crippen LogP contribution < -0.4 is 5.32 Å². The van der Waals surface area contributed by atoms with Crippen LogP contribution in [0, 0.1) is 19.8 Å². The second kappa shape index (κ2) is 8.71. The van der Waals surface area contributed by atoms with Gasteiger partial charge in [0, 0.05) is 9.75 Å². The van der Waals surface area contributed by atoms with Gasteiger partial charge < -0.3 is 5.32 Å². The Morgan fingerprint density at radius 2 is 1.83 bits per heavy atom. The van der Waals surface area contributed by atoms with E-state index in [-0.39, 0.29) is 0 Å². The van der Waals surface area contributed by atoms with E-state index in [1.807, 2.05) is 11.3 Å². The van der Waals surface area contributed by atoms with Crippen LogP contribution in [0.15, 0.2) is 6.07 Å². The summed E-state index contributed by atoms with van der Waals surface area (Å²) in [7, 11) is 0. The lowest BCUT2D eigenvalue weighted by atomic mass is 10.1. The summed E-state index contributed by atoms with van der Waals surface area (Å²) in [4.78, 5) is 3.06. The van der Waals surface area contributed by atoms with E-state index in [1.165, 1.54) is 49.1 Å². The molecule has 0 aliphatic carbocycles. The van der Waals surface area contributed by atoms with Crippen LogP contribution in [0.1, 0.15) is 54.8 Å². The zero-order valence-electron chi connectivity index (χ0n) is 12.5. The largest absolute Gasteiger partial charge is 0.316 e. The minimum absolute atomic E-state index is 0.773. The molecule has 0 atom stereocenters. The van der Waals surface area contributed by atoms with Gasteiger partial charge in [0.15, 0.2) is 0 Å². The molecular formula is C16H29NS. The molecule has 1 heterocycles. The minimum Gasteiger partial charge on any atom is -0.316 e. The summed E-state index contributed by atoms with van der Waals surface area (Å²) in [5.41, 5.74) is 1.50. The topological polar surface area (TPSA) is 12.0 Å². The highest BCUT2D eigenvalue weighted by Gasteiger charge is 2.02. The maximum absolute atomic E-state index is 3.51. The van der Waals surface area contributed by atoms with Crippen LogP contribution in [0.25, 0.3) is 0 Å². The molecule has 1 N–H and O–H groups in total. The Balaban J connectivity index is 1.97. The summed E-state index contributed by atoms with van der Waals surface area (Å²) in [6.45, 7) is 11.3. The second-order valence-electron chi connectivity index (χ2n) is 5.73. The molecule has 0 bridgehead atoms. The Hall–Kier alpha value is -0.340. The monoisotopic (exact) mass is 267 g/mol. The first-order valence-electron chi connectivity index (χ1n) is 7.36. The van der Waals surface area contributed by atoms with Crippen LogP contribution in [0.5, 0.6) is 0 Å². The Labute approximate surface area is 117 Å². The fourth-order valence-electron chi connectivity index (χ4n) is 2.22. The summed E-state index contributed by atoms with van der Waals surface area (Å²) in [5, 5.41) is 3.51. The van der Waals surface area contributed by atoms with E-state index in [1.54, 1.807) is 4.88 Å². The fourth-order valence-corrected chi connectivity index (χ4v) is 3.31.